The van der Waals surface area contributed by atoms with Crippen LogP contribution in [0.25, 0.3) is 0 Å². The van der Waals surface area contributed by atoms with E-state index in [9.17, 15) is 9.90 Å². The number of hydrogen-bond donors (Lipinski definition) is 1. The van der Waals surface area contributed by atoms with Crippen molar-refractivity contribution < 1.29 is 14.6 Å². The van der Waals surface area contributed by atoms with Crippen LogP contribution in [0.4, 0.5) is 0 Å². The van der Waals surface area contributed by atoms with E-state index in [1.807, 2.05) is 0 Å². The summed E-state index contributed by atoms with van der Waals surface area (Å²) in [4.78, 5) is 11.3. The van der Waals surface area contributed by atoms with Gasteiger partial charge in [0.2, 0.25) is 0 Å². The van der Waals surface area contributed by atoms with Crippen molar-refractivity contribution >= 4 is 40.8 Å². The molecule has 0 bridgehead atoms. The number of aliphatic carboxylic acids is 1. The van der Waals surface area contributed by atoms with Gasteiger partial charge in [-0.1, -0.05) is 40.9 Å². The van der Waals surface area contributed by atoms with E-state index in [4.69, 9.17) is 39.5 Å². The smallest absolute Gasteiger partial charge is 0.345 e. The molecule has 0 aliphatic heterocycles. The van der Waals surface area contributed by atoms with E-state index >= 15 is 0 Å². The summed E-state index contributed by atoms with van der Waals surface area (Å²) in [6.07, 6.45) is -0.916. The largest absolute Gasteiger partial charge is 0.478 e. The quantitative estimate of drug-likeness (QED) is 0.852. The second kappa shape index (κ2) is 7.03. The maximum Gasteiger partial charge on any atom is 0.345 e. The van der Waals surface area contributed by atoms with Gasteiger partial charge in [0.15, 0.2) is 6.10 Å². The molecule has 0 heterocycles. The highest BCUT2D eigenvalue weighted by molar-refractivity contribution is 6.34. The molecule has 2 aromatic rings. The summed E-state index contributed by atoms with van der Waals surface area (Å²) in [5, 5.41) is 10.7. The number of ether oxygens (including phenoxy) is 1. The molecule has 110 valence electrons. The minimum absolute atomic E-state index is 0.141. The summed E-state index contributed by atoms with van der Waals surface area (Å²) in [5.74, 6) is -0.686. The molecule has 0 aliphatic rings. The Balaban J connectivity index is 2.17. The van der Waals surface area contributed by atoms with Gasteiger partial charge in [-0.25, -0.2) is 4.79 Å². The van der Waals surface area contributed by atoms with E-state index in [1.165, 1.54) is 0 Å². The van der Waals surface area contributed by atoms with Crippen LogP contribution in [0.5, 0.6) is 5.75 Å². The van der Waals surface area contributed by atoms with Gasteiger partial charge in [0.1, 0.15) is 5.75 Å². The number of carboxylic acids is 1. The maximum atomic E-state index is 11.3. The SMILES string of the molecule is O=C(O)[C@@H](Cc1cc(Cl)cc(Cl)c1)Oc1cccc(Cl)c1. The summed E-state index contributed by atoms with van der Waals surface area (Å²) in [5.41, 5.74) is 0.682. The molecule has 0 saturated carbocycles. The van der Waals surface area contributed by atoms with Crippen molar-refractivity contribution in [3.05, 3.63) is 63.1 Å². The number of benzene rings is 2. The summed E-state index contributed by atoms with van der Waals surface area (Å²) >= 11 is 17.7. The number of carbonyl (C=O) groups is 1. The summed E-state index contributed by atoms with van der Waals surface area (Å²) in [6.45, 7) is 0. The van der Waals surface area contributed by atoms with Gasteiger partial charge in [0, 0.05) is 21.5 Å². The van der Waals surface area contributed by atoms with E-state index in [2.05, 4.69) is 0 Å². The molecule has 2 rings (SSSR count). The Morgan fingerprint density at radius 3 is 2.29 bits per heavy atom. The Morgan fingerprint density at radius 1 is 1.05 bits per heavy atom. The lowest BCUT2D eigenvalue weighted by Crippen LogP contribution is -2.29. The zero-order chi connectivity index (χ0) is 15.4. The molecule has 1 atom stereocenters. The normalized spacial score (nSPS) is 12.0. The number of hydrogen-bond acceptors (Lipinski definition) is 2. The van der Waals surface area contributed by atoms with Gasteiger partial charge in [-0.05, 0) is 42.0 Å². The molecule has 1 N–H and O–H groups in total. The van der Waals surface area contributed by atoms with Crippen molar-refractivity contribution in [3.63, 3.8) is 0 Å². The van der Waals surface area contributed by atoms with Gasteiger partial charge in [0.05, 0.1) is 0 Å². The molecule has 2 aromatic carbocycles. The van der Waals surface area contributed by atoms with Gasteiger partial charge < -0.3 is 9.84 Å². The van der Waals surface area contributed by atoms with Gasteiger partial charge in [-0.2, -0.15) is 0 Å². The molecule has 0 unspecified atom stereocenters. The van der Waals surface area contributed by atoms with E-state index < -0.39 is 12.1 Å². The van der Waals surface area contributed by atoms with E-state index in [0.717, 1.165) is 0 Å². The van der Waals surface area contributed by atoms with Gasteiger partial charge >= 0.3 is 5.97 Å². The average Bonchev–Trinajstić information content (AvgIpc) is 2.36. The van der Waals surface area contributed by atoms with Crippen molar-refractivity contribution in [3.8, 4) is 5.75 Å². The maximum absolute atomic E-state index is 11.3. The molecule has 0 fully saturated rings. The molecule has 0 saturated heterocycles. The molecule has 0 aromatic heterocycles. The lowest BCUT2D eigenvalue weighted by molar-refractivity contribution is -0.145. The second-order valence-corrected chi connectivity index (χ2v) is 5.69. The first kappa shape index (κ1) is 16.0. The highest BCUT2D eigenvalue weighted by Crippen LogP contribution is 2.23. The third kappa shape index (κ3) is 4.81. The standard InChI is InChI=1S/C15H11Cl3O3/c16-10-2-1-3-13(8-10)21-14(15(19)20)6-9-4-11(17)7-12(18)5-9/h1-5,7-8,14H,6H2,(H,19,20)/t14-/m1/s1. The highest BCUT2D eigenvalue weighted by atomic mass is 35.5. The number of carboxylic acid groups (broad SMARTS) is 1. The van der Waals surface area contributed by atoms with E-state index in [-0.39, 0.29) is 6.42 Å². The molecule has 0 aliphatic carbocycles. The summed E-state index contributed by atoms with van der Waals surface area (Å²) in [7, 11) is 0. The van der Waals surface area contributed by atoms with Crippen molar-refractivity contribution in [2.24, 2.45) is 0 Å². The minimum Gasteiger partial charge on any atom is -0.478 e. The van der Waals surface area contributed by atoms with Gasteiger partial charge in [-0.15, -0.1) is 0 Å². The first-order valence-corrected chi connectivity index (χ1v) is 7.17. The Bertz CT molecular complexity index is 638. The van der Waals surface area contributed by atoms with Crippen LogP contribution in [0.1, 0.15) is 5.56 Å². The molecule has 21 heavy (non-hydrogen) atoms. The molecule has 0 spiro atoms. The van der Waals surface area contributed by atoms with Gasteiger partial charge in [-0.3, -0.25) is 0 Å². The summed E-state index contributed by atoms with van der Waals surface area (Å²) in [6, 6.07) is 11.5. The van der Waals surface area contributed by atoms with Crippen LogP contribution in [0.3, 0.4) is 0 Å². The molecular formula is C15H11Cl3O3. The fourth-order valence-electron chi connectivity index (χ4n) is 1.83. The van der Waals surface area contributed by atoms with Crippen LogP contribution in [-0.2, 0) is 11.2 Å². The van der Waals surface area contributed by atoms with Crippen LogP contribution < -0.4 is 4.74 Å². The van der Waals surface area contributed by atoms with Crippen molar-refractivity contribution in [1.29, 1.82) is 0 Å². The van der Waals surface area contributed by atoms with Crippen LogP contribution >= 0.6 is 34.8 Å². The fourth-order valence-corrected chi connectivity index (χ4v) is 2.58. The van der Waals surface area contributed by atoms with E-state index in [0.29, 0.717) is 26.4 Å². The Labute approximate surface area is 137 Å². The predicted octanol–water partition coefficient (Wildman–Crippen LogP) is 4.72. The number of rotatable bonds is 5. The Morgan fingerprint density at radius 2 is 1.71 bits per heavy atom. The summed E-state index contributed by atoms with van der Waals surface area (Å²) < 4.78 is 5.47. The monoisotopic (exact) mass is 344 g/mol. The van der Waals surface area contributed by atoms with Crippen molar-refractivity contribution in [2.45, 2.75) is 12.5 Å². The van der Waals surface area contributed by atoms with Crippen LogP contribution in [0.2, 0.25) is 15.1 Å². The third-order valence-corrected chi connectivity index (χ3v) is 3.36. The second-order valence-electron chi connectivity index (χ2n) is 4.38. The average molecular weight is 346 g/mol. The van der Waals surface area contributed by atoms with Gasteiger partial charge in [0.25, 0.3) is 0 Å². The Hall–Kier alpha value is -1.42. The lowest BCUT2D eigenvalue weighted by Gasteiger charge is -2.15. The number of halogens is 3. The highest BCUT2D eigenvalue weighted by Gasteiger charge is 2.20. The Kier molecular flexibility index (Phi) is 5.34. The molecule has 6 heteroatoms. The van der Waals surface area contributed by atoms with Crippen LogP contribution in [0, 0.1) is 0 Å². The predicted molar refractivity (Wildman–Crippen MR) is 83.7 cm³/mol. The lowest BCUT2D eigenvalue weighted by atomic mass is 10.1. The third-order valence-electron chi connectivity index (χ3n) is 2.69. The molecule has 3 nitrogen and oxygen atoms in total. The minimum atomic E-state index is -1.08. The molecular weight excluding hydrogens is 335 g/mol. The topological polar surface area (TPSA) is 46.5 Å². The zero-order valence-electron chi connectivity index (χ0n) is 10.7. The molecule has 0 amide bonds. The first-order chi connectivity index (χ1) is 9.94. The molecule has 0 radical (unpaired) electrons. The van der Waals surface area contributed by atoms with Crippen molar-refractivity contribution in [1.82, 2.24) is 0 Å². The fraction of sp³-hybridized carbons (Fsp3) is 0.133. The van der Waals surface area contributed by atoms with E-state index in [1.54, 1.807) is 42.5 Å². The first-order valence-electron chi connectivity index (χ1n) is 6.04. The van der Waals surface area contributed by atoms with Crippen LogP contribution in [0.15, 0.2) is 42.5 Å². The van der Waals surface area contributed by atoms with Crippen LogP contribution in [-0.4, -0.2) is 17.2 Å². The van der Waals surface area contributed by atoms with Crippen molar-refractivity contribution in [2.75, 3.05) is 0 Å². The zero-order valence-corrected chi connectivity index (χ0v) is 13.0.